The molecule has 1 saturated heterocycles. The minimum absolute atomic E-state index is 0.104. The van der Waals surface area contributed by atoms with E-state index in [1.54, 1.807) is 6.20 Å². The molecule has 1 amide bonds. The fourth-order valence-corrected chi connectivity index (χ4v) is 4.93. The first-order chi connectivity index (χ1) is 17.1. The summed E-state index contributed by atoms with van der Waals surface area (Å²) in [6.45, 7) is 4.57. The van der Waals surface area contributed by atoms with Gasteiger partial charge in [0, 0.05) is 37.3 Å². The number of nitrogens with zero attached hydrogens (tertiary/aromatic N) is 3. The number of fused-ring (bicyclic) bond motifs is 3. The summed E-state index contributed by atoms with van der Waals surface area (Å²) in [7, 11) is 0. The third-order valence-corrected chi connectivity index (χ3v) is 7.13. The summed E-state index contributed by atoms with van der Waals surface area (Å²) in [6, 6.07) is 13.9. The summed E-state index contributed by atoms with van der Waals surface area (Å²) >= 11 is 12.4. The number of halogens is 2. The zero-order valence-corrected chi connectivity index (χ0v) is 20.7. The van der Waals surface area contributed by atoms with Gasteiger partial charge in [0.25, 0.3) is 0 Å². The fraction of sp³-hybridized carbons (Fsp3) is 0.346. The summed E-state index contributed by atoms with van der Waals surface area (Å²) in [5.74, 6) is 0.331. The van der Waals surface area contributed by atoms with Crippen LogP contribution < -0.4 is 5.32 Å². The largest absolute Gasteiger partial charge is 0.449 e. The number of carbonyl (C=O) groups is 1. The lowest BCUT2D eigenvalue weighted by atomic mass is 9.78. The van der Waals surface area contributed by atoms with Crippen molar-refractivity contribution in [1.29, 1.82) is 0 Å². The third kappa shape index (κ3) is 5.59. The second-order valence-electron chi connectivity index (χ2n) is 8.65. The highest BCUT2D eigenvalue weighted by Gasteiger charge is 2.28. The van der Waals surface area contributed by atoms with Crippen LogP contribution in [0.1, 0.15) is 29.0 Å². The van der Waals surface area contributed by atoms with Crippen LogP contribution in [0.3, 0.4) is 0 Å². The predicted molar refractivity (Wildman–Crippen MR) is 136 cm³/mol. The maximum absolute atomic E-state index is 12.3. The molecule has 0 spiro atoms. The van der Waals surface area contributed by atoms with E-state index in [2.05, 4.69) is 26.3 Å². The van der Waals surface area contributed by atoms with Crippen molar-refractivity contribution in [3.05, 3.63) is 75.4 Å². The Kier molecular flexibility index (Phi) is 7.48. The second-order valence-corrected chi connectivity index (χ2v) is 9.47. The molecular weight excluding hydrogens is 487 g/mol. The molecule has 2 aliphatic rings. The van der Waals surface area contributed by atoms with E-state index in [1.807, 2.05) is 36.4 Å². The molecule has 9 heteroatoms. The molecule has 1 N–H and O–H groups in total. The first kappa shape index (κ1) is 24.0. The van der Waals surface area contributed by atoms with Crippen molar-refractivity contribution in [2.45, 2.75) is 18.8 Å². The van der Waals surface area contributed by atoms with E-state index >= 15 is 0 Å². The molecule has 1 unspecified atom stereocenters. The zero-order valence-electron chi connectivity index (χ0n) is 19.2. The molecule has 35 heavy (non-hydrogen) atoms. The van der Waals surface area contributed by atoms with Crippen molar-refractivity contribution in [2.75, 3.05) is 44.8 Å². The van der Waals surface area contributed by atoms with Crippen LogP contribution in [0.4, 0.5) is 10.7 Å². The molecule has 2 heterocycles. The van der Waals surface area contributed by atoms with Crippen LogP contribution in [-0.2, 0) is 15.9 Å². The Morgan fingerprint density at radius 2 is 1.97 bits per heavy atom. The average Bonchev–Trinajstić information content (AvgIpc) is 2.88. The maximum atomic E-state index is 12.3. The molecule has 1 aliphatic carbocycles. The van der Waals surface area contributed by atoms with Gasteiger partial charge in [-0.25, -0.2) is 14.8 Å². The fourth-order valence-electron chi connectivity index (χ4n) is 4.63. The number of hydrogen-bond acceptors (Lipinski definition) is 6. The Hall–Kier alpha value is -2.71. The Balaban J connectivity index is 1.26. The Morgan fingerprint density at radius 3 is 2.80 bits per heavy atom. The number of rotatable bonds is 6. The van der Waals surface area contributed by atoms with Crippen molar-refractivity contribution in [2.24, 2.45) is 0 Å². The summed E-state index contributed by atoms with van der Waals surface area (Å²) < 4.78 is 10.7. The summed E-state index contributed by atoms with van der Waals surface area (Å²) in [6.07, 6.45) is 2.71. The van der Waals surface area contributed by atoms with E-state index in [0.29, 0.717) is 16.7 Å². The summed E-state index contributed by atoms with van der Waals surface area (Å²) in [5.41, 5.74) is 5.06. The lowest BCUT2D eigenvalue weighted by Crippen LogP contribution is -2.37. The van der Waals surface area contributed by atoms with E-state index in [9.17, 15) is 4.79 Å². The Morgan fingerprint density at radius 1 is 1.14 bits per heavy atom. The van der Waals surface area contributed by atoms with Gasteiger partial charge in [0.15, 0.2) is 0 Å². The standard InChI is InChI=1S/C26H26Cl2N4O3/c27-22-7-6-17(15-23(22)28)21-14-18-16-29-25(30-24(18)20-5-2-1-4-19(20)21)31-26(33)35-11-3-8-32-9-12-34-13-10-32/h1-2,4-7,15-16,21H,3,8-14H2,(H,29,30,31,33). The Bertz CT molecular complexity index is 1220. The zero-order chi connectivity index (χ0) is 24.2. The van der Waals surface area contributed by atoms with Gasteiger partial charge in [-0.1, -0.05) is 53.5 Å². The van der Waals surface area contributed by atoms with Crippen LogP contribution in [0.25, 0.3) is 11.3 Å². The minimum Gasteiger partial charge on any atom is -0.449 e. The molecule has 5 rings (SSSR count). The van der Waals surface area contributed by atoms with Gasteiger partial charge in [-0.05, 0) is 41.7 Å². The summed E-state index contributed by atoms with van der Waals surface area (Å²) in [5, 5.41) is 3.74. The smallest absolute Gasteiger partial charge is 0.414 e. The molecule has 0 bridgehead atoms. The van der Waals surface area contributed by atoms with E-state index in [1.165, 1.54) is 0 Å². The normalized spacial score (nSPS) is 17.4. The topological polar surface area (TPSA) is 76.6 Å². The highest BCUT2D eigenvalue weighted by molar-refractivity contribution is 6.42. The monoisotopic (exact) mass is 512 g/mol. The van der Waals surface area contributed by atoms with Crippen molar-refractivity contribution in [3.63, 3.8) is 0 Å². The number of benzene rings is 2. The van der Waals surface area contributed by atoms with Crippen molar-refractivity contribution >= 4 is 35.2 Å². The predicted octanol–water partition coefficient (Wildman–Crippen LogP) is 5.41. The number of nitrogens with one attached hydrogen (secondary N) is 1. The van der Waals surface area contributed by atoms with Gasteiger partial charge in [-0.3, -0.25) is 10.2 Å². The quantitative estimate of drug-likeness (QED) is 0.445. The first-order valence-corrected chi connectivity index (χ1v) is 12.5. The number of carbonyl (C=O) groups excluding carboxylic acids is 1. The molecule has 7 nitrogen and oxygen atoms in total. The van der Waals surface area contributed by atoms with Gasteiger partial charge in [0.2, 0.25) is 5.95 Å². The maximum Gasteiger partial charge on any atom is 0.414 e. The van der Waals surface area contributed by atoms with Gasteiger partial charge >= 0.3 is 6.09 Å². The van der Waals surface area contributed by atoms with E-state index in [0.717, 1.165) is 73.6 Å². The van der Waals surface area contributed by atoms with Gasteiger partial charge < -0.3 is 9.47 Å². The van der Waals surface area contributed by atoms with Crippen molar-refractivity contribution < 1.29 is 14.3 Å². The lowest BCUT2D eigenvalue weighted by molar-refractivity contribution is 0.0348. The van der Waals surface area contributed by atoms with Gasteiger partial charge in [0.1, 0.15) is 0 Å². The number of morpholine rings is 1. The third-order valence-electron chi connectivity index (χ3n) is 6.40. The minimum atomic E-state index is -0.551. The Labute approximate surface area is 214 Å². The number of ether oxygens (including phenoxy) is 2. The van der Waals surface area contributed by atoms with Crippen LogP contribution in [0, 0.1) is 0 Å². The SMILES string of the molecule is O=C(Nc1ncc2c(n1)-c1ccccc1C(c1ccc(Cl)c(Cl)c1)C2)OCCCN1CCOCC1. The van der Waals surface area contributed by atoms with Crippen LogP contribution in [0.2, 0.25) is 10.0 Å². The van der Waals surface area contributed by atoms with Crippen LogP contribution >= 0.6 is 23.2 Å². The second kappa shape index (κ2) is 10.9. The van der Waals surface area contributed by atoms with E-state index < -0.39 is 6.09 Å². The molecule has 2 aromatic carbocycles. The molecule has 1 atom stereocenters. The highest BCUT2D eigenvalue weighted by atomic mass is 35.5. The number of amides is 1. The van der Waals surface area contributed by atoms with E-state index in [4.69, 9.17) is 32.7 Å². The van der Waals surface area contributed by atoms with Crippen LogP contribution in [-0.4, -0.2) is 60.4 Å². The summed E-state index contributed by atoms with van der Waals surface area (Å²) in [4.78, 5) is 23.6. The number of anilines is 1. The average molecular weight is 513 g/mol. The molecule has 1 aliphatic heterocycles. The van der Waals surface area contributed by atoms with Gasteiger partial charge in [0.05, 0.1) is 35.6 Å². The number of hydrogen-bond donors (Lipinski definition) is 1. The van der Waals surface area contributed by atoms with E-state index in [-0.39, 0.29) is 11.9 Å². The van der Waals surface area contributed by atoms with Crippen LogP contribution in [0.15, 0.2) is 48.7 Å². The molecule has 1 fully saturated rings. The molecule has 182 valence electrons. The molecule has 3 aromatic rings. The molecular formula is C26H26Cl2N4O3. The van der Waals surface area contributed by atoms with Gasteiger partial charge in [-0.2, -0.15) is 0 Å². The van der Waals surface area contributed by atoms with Gasteiger partial charge in [-0.15, -0.1) is 0 Å². The van der Waals surface area contributed by atoms with Crippen LogP contribution in [0.5, 0.6) is 0 Å². The van der Waals surface area contributed by atoms with Crippen molar-refractivity contribution in [1.82, 2.24) is 14.9 Å². The molecule has 1 aromatic heterocycles. The molecule has 0 radical (unpaired) electrons. The molecule has 0 saturated carbocycles. The number of aromatic nitrogens is 2. The highest BCUT2D eigenvalue weighted by Crippen LogP contribution is 2.42. The first-order valence-electron chi connectivity index (χ1n) is 11.7. The lowest BCUT2D eigenvalue weighted by Gasteiger charge is -2.27. The van der Waals surface area contributed by atoms with Crippen molar-refractivity contribution in [3.8, 4) is 11.3 Å².